The zero-order valence-corrected chi connectivity index (χ0v) is 17.2. The molecule has 1 aromatic heterocycles. The van der Waals surface area contributed by atoms with Gasteiger partial charge < -0.3 is 15.2 Å². The Hall–Kier alpha value is -3.67. The number of fused-ring (bicyclic) bond motifs is 1. The van der Waals surface area contributed by atoms with E-state index in [-0.39, 0.29) is 12.5 Å². The first-order valence-corrected chi connectivity index (χ1v) is 9.41. The molecule has 0 saturated carbocycles. The monoisotopic (exact) mass is 407 g/mol. The number of nitrogens with one attached hydrogen (secondary N) is 3. The Bertz CT molecular complexity index is 1060. The van der Waals surface area contributed by atoms with Gasteiger partial charge >= 0.3 is 0 Å². The van der Waals surface area contributed by atoms with E-state index in [0.29, 0.717) is 23.5 Å². The van der Waals surface area contributed by atoms with Gasteiger partial charge in [-0.15, -0.1) is 0 Å². The minimum Gasteiger partial charge on any atom is -0.338 e. The fourth-order valence-corrected chi connectivity index (χ4v) is 2.69. The SMILES string of the molecule is CCn1c(C(=O)NCC#Cc2ccc(C(=O)NO)cc2)nc2ccccc21.CNC. The Morgan fingerprint density at radius 1 is 1.07 bits per heavy atom. The van der Waals surface area contributed by atoms with Crippen LogP contribution >= 0.6 is 0 Å². The van der Waals surface area contributed by atoms with Gasteiger partial charge in [-0.1, -0.05) is 24.0 Å². The van der Waals surface area contributed by atoms with Crippen LogP contribution in [0.4, 0.5) is 0 Å². The molecule has 8 nitrogen and oxygen atoms in total. The molecule has 30 heavy (non-hydrogen) atoms. The Morgan fingerprint density at radius 2 is 1.73 bits per heavy atom. The quantitative estimate of drug-likeness (QED) is 0.300. The van der Waals surface area contributed by atoms with E-state index in [1.165, 1.54) is 0 Å². The van der Waals surface area contributed by atoms with Crippen LogP contribution in [0, 0.1) is 11.8 Å². The van der Waals surface area contributed by atoms with Crippen molar-refractivity contribution in [3.8, 4) is 11.8 Å². The van der Waals surface area contributed by atoms with Crippen LogP contribution in [0.5, 0.6) is 0 Å². The average molecular weight is 407 g/mol. The Kier molecular flexibility index (Phi) is 8.56. The minimum absolute atomic E-state index is 0.171. The Labute approximate surface area is 175 Å². The van der Waals surface area contributed by atoms with Gasteiger partial charge in [-0.3, -0.25) is 14.8 Å². The summed E-state index contributed by atoms with van der Waals surface area (Å²) in [7, 11) is 3.75. The highest BCUT2D eigenvalue weighted by Crippen LogP contribution is 2.15. The molecule has 0 aliphatic rings. The van der Waals surface area contributed by atoms with Gasteiger partial charge in [-0.05, 0) is 57.4 Å². The third kappa shape index (κ3) is 5.67. The number of hydroxylamine groups is 1. The summed E-state index contributed by atoms with van der Waals surface area (Å²) in [5.74, 6) is 5.27. The van der Waals surface area contributed by atoms with Gasteiger partial charge in [0.1, 0.15) is 0 Å². The second kappa shape index (κ2) is 11.4. The van der Waals surface area contributed by atoms with Gasteiger partial charge in [-0.2, -0.15) is 0 Å². The molecule has 0 radical (unpaired) electrons. The highest BCUT2D eigenvalue weighted by atomic mass is 16.5. The first-order chi connectivity index (χ1) is 14.5. The van der Waals surface area contributed by atoms with Crippen LogP contribution in [-0.4, -0.2) is 47.2 Å². The number of carbonyl (C=O) groups is 2. The maximum absolute atomic E-state index is 12.4. The van der Waals surface area contributed by atoms with E-state index in [9.17, 15) is 9.59 Å². The average Bonchev–Trinajstić information content (AvgIpc) is 3.16. The van der Waals surface area contributed by atoms with E-state index in [0.717, 1.165) is 11.0 Å². The molecule has 0 spiro atoms. The van der Waals surface area contributed by atoms with Crippen LogP contribution < -0.4 is 16.1 Å². The Morgan fingerprint density at radius 3 is 2.37 bits per heavy atom. The standard InChI is InChI=1S/C20H18N4O3.C2H7N/c1-2-24-17-8-4-3-7-16(17)22-18(24)20(26)21-13-5-6-14-9-11-15(12-10-14)19(25)23-27;1-3-2/h3-4,7-12,27H,2,13H2,1H3,(H,21,26)(H,23,25);3H,1-2H3. The number of hydrogen-bond donors (Lipinski definition) is 4. The van der Waals surface area contributed by atoms with Crippen LogP contribution in [0.3, 0.4) is 0 Å². The van der Waals surface area contributed by atoms with Crippen molar-refractivity contribution in [3.05, 3.63) is 65.5 Å². The highest BCUT2D eigenvalue weighted by Gasteiger charge is 2.15. The molecule has 2 amide bonds. The molecule has 0 aliphatic carbocycles. The van der Waals surface area contributed by atoms with Gasteiger partial charge in [0.15, 0.2) is 5.82 Å². The summed E-state index contributed by atoms with van der Waals surface area (Å²) < 4.78 is 1.86. The lowest BCUT2D eigenvalue weighted by Gasteiger charge is -2.05. The lowest BCUT2D eigenvalue weighted by molar-refractivity contribution is 0.0706. The summed E-state index contributed by atoms with van der Waals surface area (Å²) >= 11 is 0. The number of aryl methyl sites for hydroxylation is 1. The van der Waals surface area contributed by atoms with Crippen molar-refractivity contribution < 1.29 is 14.8 Å². The van der Waals surface area contributed by atoms with E-state index in [1.807, 2.05) is 49.9 Å². The molecule has 0 unspecified atom stereocenters. The van der Waals surface area contributed by atoms with Gasteiger partial charge in [0.05, 0.1) is 17.6 Å². The van der Waals surface area contributed by atoms with Gasteiger partial charge in [0.25, 0.3) is 11.8 Å². The maximum atomic E-state index is 12.4. The summed E-state index contributed by atoms with van der Waals surface area (Å²) in [6.45, 7) is 2.78. The molecule has 8 heteroatoms. The van der Waals surface area contributed by atoms with Gasteiger partial charge in [0, 0.05) is 17.7 Å². The van der Waals surface area contributed by atoms with Crippen LogP contribution in [0.2, 0.25) is 0 Å². The lowest BCUT2D eigenvalue weighted by atomic mass is 10.1. The predicted molar refractivity (Wildman–Crippen MR) is 115 cm³/mol. The summed E-state index contributed by atoms with van der Waals surface area (Å²) in [6, 6.07) is 14.0. The molecule has 3 rings (SSSR count). The number of rotatable bonds is 4. The first-order valence-electron chi connectivity index (χ1n) is 9.41. The molecule has 0 bridgehead atoms. The highest BCUT2D eigenvalue weighted by molar-refractivity contribution is 5.95. The smallest absolute Gasteiger partial charge is 0.288 e. The van der Waals surface area contributed by atoms with Crippen molar-refractivity contribution in [1.29, 1.82) is 0 Å². The van der Waals surface area contributed by atoms with Crippen molar-refractivity contribution in [2.45, 2.75) is 13.5 Å². The number of imidazole rings is 1. The molecule has 0 fully saturated rings. The molecule has 4 N–H and O–H groups in total. The molecule has 0 aliphatic heterocycles. The van der Waals surface area contributed by atoms with Crippen LogP contribution in [0.25, 0.3) is 11.0 Å². The number of carbonyl (C=O) groups excluding carboxylic acids is 2. The van der Waals surface area contributed by atoms with Gasteiger partial charge in [-0.25, -0.2) is 10.5 Å². The summed E-state index contributed by atoms with van der Waals surface area (Å²) in [6.07, 6.45) is 0. The van der Waals surface area contributed by atoms with E-state index in [2.05, 4.69) is 27.5 Å². The molecule has 156 valence electrons. The van der Waals surface area contributed by atoms with Crippen molar-refractivity contribution in [2.75, 3.05) is 20.6 Å². The normalized spacial score (nSPS) is 9.73. The molecule has 0 saturated heterocycles. The first kappa shape index (κ1) is 22.6. The second-order valence-corrected chi connectivity index (χ2v) is 6.17. The zero-order chi connectivity index (χ0) is 21.9. The Balaban J connectivity index is 0.00000101. The van der Waals surface area contributed by atoms with Crippen molar-refractivity contribution in [2.24, 2.45) is 0 Å². The lowest BCUT2D eigenvalue weighted by Crippen LogP contribution is -2.27. The largest absolute Gasteiger partial charge is 0.338 e. The number of benzene rings is 2. The summed E-state index contributed by atoms with van der Waals surface area (Å²) in [5.41, 5.74) is 4.29. The molecular weight excluding hydrogens is 382 g/mol. The fourth-order valence-electron chi connectivity index (χ4n) is 2.69. The van der Waals surface area contributed by atoms with Crippen molar-refractivity contribution in [3.63, 3.8) is 0 Å². The number of nitrogens with zero attached hydrogens (tertiary/aromatic N) is 2. The van der Waals surface area contributed by atoms with Crippen LogP contribution in [0.15, 0.2) is 48.5 Å². The van der Waals surface area contributed by atoms with E-state index in [1.54, 1.807) is 29.7 Å². The zero-order valence-electron chi connectivity index (χ0n) is 17.2. The topological polar surface area (TPSA) is 108 Å². The predicted octanol–water partition coefficient (Wildman–Crippen LogP) is 1.79. The number of para-hydroxylation sites is 2. The summed E-state index contributed by atoms with van der Waals surface area (Å²) in [5, 5.41) is 14.1. The van der Waals surface area contributed by atoms with Crippen LogP contribution in [0.1, 0.15) is 33.5 Å². The molecular formula is C22H25N5O3. The number of aromatic nitrogens is 2. The van der Waals surface area contributed by atoms with E-state index >= 15 is 0 Å². The molecule has 2 aromatic carbocycles. The second-order valence-electron chi connectivity index (χ2n) is 6.17. The van der Waals surface area contributed by atoms with Crippen molar-refractivity contribution >= 4 is 22.8 Å². The van der Waals surface area contributed by atoms with Crippen molar-refractivity contribution in [1.82, 2.24) is 25.7 Å². The van der Waals surface area contributed by atoms with Gasteiger partial charge in [0.2, 0.25) is 0 Å². The maximum Gasteiger partial charge on any atom is 0.288 e. The number of hydrogen-bond acceptors (Lipinski definition) is 5. The van der Waals surface area contributed by atoms with Crippen LogP contribution in [-0.2, 0) is 6.54 Å². The van der Waals surface area contributed by atoms with E-state index in [4.69, 9.17) is 5.21 Å². The third-order valence-corrected chi connectivity index (χ3v) is 3.99. The fraction of sp³-hybridized carbons (Fsp3) is 0.227. The minimum atomic E-state index is -0.583. The molecule has 3 aromatic rings. The number of amides is 2. The molecule has 0 atom stereocenters. The third-order valence-electron chi connectivity index (χ3n) is 3.99. The molecule has 1 heterocycles. The summed E-state index contributed by atoms with van der Waals surface area (Å²) in [4.78, 5) is 28.1. The van der Waals surface area contributed by atoms with E-state index < -0.39 is 5.91 Å².